The lowest BCUT2D eigenvalue weighted by Crippen LogP contribution is -2.22. The van der Waals surface area contributed by atoms with Crippen LogP contribution in [0.2, 0.25) is 0 Å². The van der Waals surface area contributed by atoms with E-state index in [0.717, 1.165) is 32.4 Å². The molecule has 3 heteroatoms. The molecule has 3 aromatic carbocycles. The van der Waals surface area contributed by atoms with E-state index in [4.69, 9.17) is 0 Å². The van der Waals surface area contributed by atoms with Gasteiger partial charge in [-0.2, -0.15) is 0 Å². The minimum Gasteiger partial charge on any atom is -0.358 e. The Balaban J connectivity index is 1.20. The van der Waals surface area contributed by atoms with Crippen LogP contribution in [-0.4, -0.2) is 23.1 Å². The number of hydrogen-bond acceptors (Lipinski definition) is 1. The highest BCUT2D eigenvalue weighted by Gasteiger charge is 2.13. The van der Waals surface area contributed by atoms with E-state index < -0.39 is 0 Å². The zero-order valence-corrected chi connectivity index (χ0v) is 19.2. The molecule has 0 saturated heterocycles. The number of fused-ring (bicyclic) bond motifs is 2. The molecule has 5 aromatic rings. The molecule has 1 atom stereocenters. The molecule has 0 saturated carbocycles. The molecule has 0 amide bonds. The molecule has 0 aliphatic heterocycles. The van der Waals surface area contributed by atoms with E-state index in [-0.39, 0.29) is 0 Å². The largest absolute Gasteiger partial charge is 0.358 e. The Morgan fingerprint density at radius 1 is 0.606 bits per heavy atom. The van der Waals surface area contributed by atoms with Crippen LogP contribution in [0.1, 0.15) is 29.8 Å². The number of aromatic nitrogens is 2. The summed E-state index contributed by atoms with van der Waals surface area (Å²) >= 11 is 0. The molecule has 5 rings (SSSR count). The highest BCUT2D eigenvalue weighted by atomic mass is 14.8. The molecule has 2 aromatic heterocycles. The number of nitrogens with one attached hydrogen (secondary N) is 3. The molecule has 3 N–H and O–H groups in total. The van der Waals surface area contributed by atoms with Crippen molar-refractivity contribution in [2.24, 2.45) is 5.92 Å². The summed E-state index contributed by atoms with van der Waals surface area (Å²) in [5.41, 5.74) is 6.57. The van der Waals surface area contributed by atoms with Crippen molar-refractivity contribution in [3.8, 4) is 0 Å². The Kier molecular flexibility index (Phi) is 6.88. The predicted octanol–water partition coefficient (Wildman–Crippen LogP) is 6.66. The fourth-order valence-electron chi connectivity index (χ4n) is 4.84. The van der Waals surface area contributed by atoms with Gasteiger partial charge in [0.1, 0.15) is 0 Å². The quantitative estimate of drug-likeness (QED) is 0.199. The second-order valence-electron chi connectivity index (χ2n) is 9.15. The number of aryl methyl sites for hydroxylation is 1. The first-order valence-electron chi connectivity index (χ1n) is 12.2. The number of benzene rings is 3. The van der Waals surface area contributed by atoms with Gasteiger partial charge in [-0.15, -0.1) is 0 Å². The van der Waals surface area contributed by atoms with Crippen LogP contribution in [0.25, 0.3) is 21.8 Å². The van der Waals surface area contributed by atoms with Gasteiger partial charge in [-0.25, -0.2) is 0 Å². The zero-order valence-electron chi connectivity index (χ0n) is 19.2. The van der Waals surface area contributed by atoms with Crippen molar-refractivity contribution in [1.82, 2.24) is 15.3 Å². The summed E-state index contributed by atoms with van der Waals surface area (Å²) in [5, 5.41) is 6.29. The minimum atomic E-state index is 0.633. The molecule has 0 spiro atoms. The maximum atomic E-state index is 3.68. The maximum absolute atomic E-state index is 3.68. The van der Waals surface area contributed by atoms with Gasteiger partial charge in [0.15, 0.2) is 0 Å². The van der Waals surface area contributed by atoms with Crippen molar-refractivity contribution in [2.45, 2.75) is 32.1 Å². The second kappa shape index (κ2) is 10.5. The topological polar surface area (TPSA) is 43.6 Å². The highest BCUT2D eigenvalue weighted by molar-refractivity contribution is 5.80. The van der Waals surface area contributed by atoms with Gasteiger partial charge >= 0.3 is 0 Å². The summed E-state index contributed by atoms with van der Waals surface area (Å²) in [6.45, 7) is 2.09. The number of rotatable bonds is 11. The van der Waals surface area contributed by atoms with E-state index in [1.807, 2.05) is 0 Å². The Labute approximate surface area is 196 Å². The SMILES string of the molecule is c1ccc(CCNCCC(CCc2cc3ccccc3[nH]2)Cc2cc3ccccc3[nH]2)cc1. The molecule has 0 aliphatic carbocycles. The lowest BCUT2D eigenvalue weighted by Gasteiger charge is -2.16. The molecule has 0 radical (unpaired) electrons. The summed E-state index contributed by atoms with van der Waals surface area (Å²) in [6, 6.07) is 32.5. The van der Waals surface area contributed by atoms with Crippen molar-refractivity contribution in [3.05, 3.63) is 108 Å². The van der Waals surface area contributed by atoms with Crippen LogP contribution in [-0.2, 0) is 19.3 Å². The van der Waals surface area contributed by atoms with E-state index in [1.54, 1.807) is 0 Å². The van der Waals surface area contributed by atoms with Crippen molar-refractivity contribution in [3.63, 3.8) is 0 Å². The van der Waals surface area contributed by atoms with E-state index in [1.165, 1.54) is 51.6 Å². The summed E-state index contributed by atoms with van der Waals surface area (Å²) < 4.78 is 0. The number of hydrogen-bond donors (Lipinski definition) is 3. The summed E-state index contributed by atoms with van der Waals surface area (Å²) in [4.78, 5) is 7.25. The Morgan fingerprint density at radius 2 is 1.24 bits per heavy atom. The van der Waals surface area contributed by atoms with Crippen molar-refractivity contribution < 1.29 is 0 Å². The Morgan fingerprint density at radius 3 is 1.97 bits per heavy atom. The fraction of sp³-hybridized carbons (Fsp3) is 0.267. The fourth-order valence-corrected chi connectivity index (χ4v) is 4.84. The van der Waals surface area contributed by atoms with Gasteiger partial charge in [-0.3, -0.25) is 0 Å². The number of aromatic amines is 2. The third-order valence-electron chi connectivity index (χ3n) is 6.66. The molecule has 2 heterocycles. The monoisotopic (exact) mass is 435 g/mol. The first-order valence-corrected chi connectivity index (χ1v) is 12.2. The van der Waals surface area contributed by atoms with E-state index >= 15 is 0 Å². The van der Waals surface area contributed by atoms with Crippen LogP contribution < -0.4 is 5.32 Å². The van der Waals surface area contributed by atoms with Crippen LogP contribution in [0.5, 0.6) is 0 Å². The van der Waals surface area contributed by atoms with Crippen LogP contribution >= 0.6 is 0 Å². The van der Waals surface area contributed by atoms with Crippen molar-refractivity contribution in [1.29, 1.82) is 0 Å². The summed E-state index contributed by atoms with van der Waals surface area (Å²) in [5.74, 6) is 0.633. The van der Waals surface area contributed by atoms with E-state index in [9.17, 15) is 0 Å². The Bertz CT molecular complexity index is 1220. The minimum absolute atomic E-state index is 0.633. The molecule has 3 nitrogen and oxygen atoms in total. The van der Waals surface area contributed by atoms with Crippen molar-refractivity contribution >= 4 is 21.8 Å². The third-order valence-corrected chi connectivity index (χ3v) is 6.66. The smallest absolute Gasteiger partial charge is 0.0456 e. The summed E-state index contributed by atoms with van der Waals surface area (Å²) in [6.07, 6.45) is 5.63. The average molecular weight is 436 g/mol. The van der Waals surface area contributed by atoms with Crippen LogP contribution in [0.3, 0.4) is 0 Å². The highest BCUT2D eigenvalue weighted by Crippen LogP contribution is 2.23. The molecule has 1 unspecified atom stereocenters. The average Bonchev–Trinajstić information content (AvgIpc) is 3.46. The van der Waals surface area contributed by atoms with Crippen molar-refractivity contribution in [2.75, 3.05) is 13.1 Å². The van der Waals surface area contributed by atoms with Gasteiger partial charge < -0.3 is 15.3 Å². The van der Waals surface area contributed by atoms with Gasteiger partial charge in [0.25, 0.3) is 0 Å². The molecular formula is C30H33N3. The predicted molar refractivity (Wildman–Crippen MR) is 140 cm³/mol. The molecule has 0 bridgehead atoms. The molecule has 0 aliphatic rings. The first-order chi connectivity index (χ1) is 16.3. The van der Waals surface area contributed by atoms with Crippen LogP contribution in [0, 0.1) is 5.92 Å². The number of H-pyrrole nitrogens is 2. The third kappa shape index (κ3) is 5.74. The van der Waals surface area contributed by atoms with Gasteiger partial charge in [-0.05, 0) is 91.7 Å². The molecular weight excluding hydrogens is 402 g/mol. The first kappa shape index (κ1) is 21.5. The second-order valence-corrected chi connectivity index (χ2v) is 9.15. The van der Waals surface area contributed by atoms with Gasteiger partial charge in [-0.1, -0.05) is 66.7 Å². The normalized spacial score (nSPS) is 12.5. The van der Waals surface area contributed by atoms with E-state index in [0.29, 0.717) is 5.92 Å². The lowest BCUT2D eigenvalue weighted by atomic mass is 9.93. The molecule has 168 valence electrons. The van der Waals surface area contributed by atoms with Crippen LogP contribution in [0.15, 0.2) is 91.0 Å². The van der Waals surface area contributed by atoms with Gasteiger partial charge in [0.05, 0.1) is 0 Å². The van der Waals surface area contributed by atoms with Gasteiger partial charge in [0, 0.05) is 22.4 Å². The number of para-hydroxylation sites is 2. The lowest BCUT2D eigenvalue weighted by molar-refractivity contribution is 0.429. The molecule has 33 heavy (non-hydrogen) atoms. The molecule has 0 fully saturated rings. The Hall–Kier alpha value is -3.30. The van der Waals surface area contributed by atoms with Crippen LogP contribution in [0.4, 0.5) is 0 Å². The standard InChI is InChI=1S/C30H33N3/c1-2-8-23(9-3-1)16-18-31-19-17-24(20-28-22-26-11-5-7-13-30(26)33-28)14-15-27-21-25-10-4-6-12-29(25)32-27/h1-13,21-22,24,31-33H,14-20H2. The summed E-state index contributed by atoms with van der Waals surface area (Å²) in [7, 11) is 0. The van der Waals surface area contributed by atoms with Gasteiger partial charge in [0.2, 0.25) is 0 Å². The maximum Gasteiger partial charge on any atom is 0.0456 e. The zero-order chi connectivity index (χ0) is 22.3. The van der Waals surface area contributed by atoms with E-state index in [2.05, 4.69) is 106 Å².